The minimum atomic E-state index is 0.658. The molecule has 1 rings (SSSR count). The summed E-state index contributed by atoms with van der Waals surface area (Å²) in [4.78, 5) is 4.21. The highest BCUT2D eigenvalue weighted by Crippen LogP contribution is 2.21. The van der Waals surface area contributed by atoms with Crippen LogP contribution in [-0.2, 0) is 0 Å². The van der Waals surface area contributed by atoms with Crippen LogP contribution in [-0.4, -0.2) is 18.6 Å². The number of hydrogen-bond acceptors (Lipinski definition) is 2. The van der Waals surface area contributed by atoms with Crippen molar-refractivity contribution in [3.63, 3.8) is 0 Å². The lowest BCUT2D eigenvalue weighted by atomic mass is 9.96. The Morgan fingerprint density at radius 3 is 2.14 bits per heavy atom. The van der Waals surface area contributed by atoms with Crippen LogP contribution in [0.2, 0.25) is 0 Å². The number of rotatable bonds is 13. The van der Waals surface area contributed by atoms with E-state index in [0.717, 1.165) is 0 Å². The Balaban J connectivity index is 1.86. The molecule has 1 atom stereocenters. The van der Waals surface area contributed by atoms with Gasteiger partial charge in [-0.15, -0.1) is 0 Å². The number of unbranched alkanes of at least 4 members (excludes halogenated alkanes) is 8. The van der Waals surface area contributed by atoms with Gasteiger partial charge in [0.1, 0.15) is 0 Å². The van der Waals surface area contributed by atoms with Gasteiger partial charge >= 0.3 is 0 Å². The molecule has 1 aromatic heterocycles. The Kier molecular flexibility index (Phi) is 11.1. The maximum Gasteiger partial charge on any atom is 0.0302 e. The molecule has 0 spiro atoms. The van der Waals surface area contributed by atoms with Gasteiger partial charge in [0, 0.05) is 12.4 Å². The molecule has 0 fully saturated rings. The number of hydrogen-bond donors (Lipinski definition) is 1. The molecule has 120 valence electrons. The third kappa shape index (κ3) is 9.62. The van der Waals surface area contributed by atoms with Crippen molar-refractivity contribution < 1.29 is 0 Å². The normalized spacial score (nSPS) is 12.5. The highest BCUT2D eigenvalue weighted by molar-refractivity contribution is 5.13. The first-order valence-corrected chi connectivity index (χ1v) is 8.89. The minimum Gasteiger partial charge on any atom is -0.320 e. The lowest BCUT2D eigenvalue weighted by Crippen LogP contribution is -2.06. The molecule has 0 aliphatic carbocycles. The molecule has 1 N–H and O–H groups in total. The lowest BCUT2D eigenvalue weighted by molar-refractivity contribution is 0.533. The first-order valence-electron chi connectivity index (χ1n) is 8.89. The molecule has 1 aromatic rings. The van der Waals surface area contributed by atoms with Gasteiger partial charge in [-0.2, -0.15) is 0 Å². The van der Waals surface area contributed by atoms with Crippen LogP contribution in [0.15, 0.2) is 24.5 Å². The Hall–Kier alpha value is -0.890. The third-order valence-corrected chi connectivity index (χ3v) is 4.32. The summed E-state index contributed by atoms with van der Waals surface area (Å²) < 4.78 is 0. The lowest BCUT2D eigenvalue weighted by Gasteiger charge is -2.10. The van der Waals surface area contributed by atoms with Crippen molar-refractivity contribution in [1.29, 1.82) is 0 Å². The van der Waals surface area contributed by atoms with Crippen molar-refractivity contribution in [3.8, 4) is 0 Å². The summed E-state index contributed by atoms with van der Waals surface area (Å²) in [5.74, 6) is 0.658. The molecule has 0 radical (unpaired) electrons. The van der Waals surface area contributed by atoms with Gasteiger partial charge in [-0.25, -0.2) is 0 Å². The van der Waals surface area contributed by atoms with E-state index in [1.807, 2.05) is 25.5 Å². The first-order chi connectivity index (χ1) is 10.3. The van der Waals surface area contributed by atoms with Crippen LogP contribution in [0.1, 0.15) is 82.6 Å². The predicted octanol–water partition coefficient (Wildman–Crippen LogP) is 5.31. The van der Waals surface area contributed by atoms with Crippen LogP contribution in [0.4, 0.5) is 0 Å². The maximum atomic E-state index is 4.21. The zero-order chi connectivity index (χ0) is 15.2. The van der Waals surface area contributed by atoms with Gasteiger partial charge in [0.2, 0.25) is 0 Å². The zero-order valence-corrected chi connectivity index (χ0v) is 14.1. The summed E-state index contributed by atoms with van der Waals surface area (Å²) in [6.45, 7) is 3.50. The van der Waals surface area contributed by atoms with Gasteiger partial charge in [0.25, 0.3) is 0 Å². The van der Waals surface area contributed by atoms with Crippen LogP contribution in [0.5, 0.6) is 0 Å². The standard InChI is InChI=1S/C19H34N2/c1-18(19-14-12-16-21-17-19)13-10-8-6-4-3-5-7-9-11-15-20-2/h12,14,16-18,20H,3-11,13,15H2,1-2H3. The van der Waals surface area contributed by atoms with Crippen LogP contribution >= 0.6 is 0 Å². The number of nitrogens with zero attached hydrogens (tertiary/aromatic N) is 1. The van der Waals surface area contributed by atoms with E-state index in [0.29, 0.717) is 5.92 Å². The molecule has 1 heterocycles. The summed E-state index contributed by atoms with van der Waals surface area (Å²) in [5, 5.41) is 3.21. The molecule has 0 saturated heterocycles. The fourth-order valence-corrected chi connectivity index (χ4v) is 2.82. The van der Waals surface area contributed by atoms with E-state index < -0.39 is 0 Å². The van der Waals surface area contributed by atoms with Crippen molar-refractivity contribution in [2.24, 2.45) is 0 Å². The summed E-state index contributed by atoms with van der Waals surface area (Å²) in [6.07, 6.45) is 17.8. The van der Waals surface area contributed by atoms with E-state index in [1.165, 1.54) is 76.3 Å². The molecular formula is C19H34N2. The molecule has 2 heteroatoms. The monoisotopic (exact) mass is 290 g/mol. The van der Waals surface area contributed by atoms with Crippen molar-refractivity contribution in [1.82, 2.24) is 10.3 Å². The van der Waals surface area contributed by atoms with Crippen LogP contribution < -0.4 is 5.32 Å². The van der Waals surface area contributed by atoms with E-state index in [4.69, 9.17) is 0 Å². The molecule has 21 heavy (non-hydrogen) atoms. The number of pyridine rings is 1. The van der Waals surface area contributed by atoms with Crippen molar-refractivity contribution in [2.75, 3.05) is 13.6 Å². The molecule has 1 unspecified atom stereocenters. The second kappa shape index (κ2) is 12.8. The molecular weight excluding hydrogens is 256 g/mol. The van der Waals surface area contributed by atoms with Gasteiger partial charge in [-0.05, 0) is 44.0 Å². The van der Waals surface area contributed by atoms with Crippen LogP contribution in [0, 0.1) is 0 Å². The third-order valence-electron chi connectivity index (χ3n) is 4.32. The van der Waals surface area contributed by atoms with E-state index in [9.17, 15) is 0 Å². The summed E-state index contributed by atoms with van der Waals surface area (Å²) in [7, 11) is 2.04. The molecule has 0 aliphatic heterocycles. The molecule has 0 bridgehead atoms. The van der Waals surface area contributed by atoms with Gasteiger partial charge in [0.05, 0.1) is 0 Å². The van der Waals surface area contributed by atoms with Gasteiger partial charge in [-0.3, -0.25) is 4.98 Å². The first kappa shape index (κ1) is 18.2. The highest BCUT2D eigenvalue weighted by atomic mass is 14.8. The summed E-state index contributed by atoms with van der Waals surface area (Å²) >= 11 is 0. The molecule has 0 saturated carbocycles. The topological polar surface area (TPSA) is 24.9 Å². The second-order valence-corrected chi connectivity index (χ2v) is 6.26. The number of nitrogens with one attached hydrogen (secondary N) is 1. The quantitative estimate of drug-likeness (QED) is 0.498. The predicted molar refractivity (Wildman–Crippen MR) is 92.7 cm³/mol. The molecule has 0 aromatic carbocycles. The largest absolute Gasteiger partial charge is 0.320 e. The van der Waals surface area contributed by atoms with Crippen LogP contribution in [0.3, 0.4) is 0 Å². The van der Waals surface area contributed by atoms with Gasteiger partial charge in [0.15, 0.2) is 0 Å². The Labute approximate surface area is 131 Å². The Morgan fingerprint density at radius 1 is 0.952 bits per heavy atom. The minimum absolute atomic E-state index is 0.658. The zero-order valence-electron chi connectivity index (χ0n) is 14.1. The molecule has 0 amide bonds. The van der Waals surface area contributed by atoms with Crippen molar-refractivity contribution >= 4 is 0 Å². The number of aromatic nitrogens is 1. The highest BCUT2D eigenvalue weighted by Gasteiger charge is 2.04. The van der Waals surface area contributed by atoms with E-state index >= 15 is 0 Å². The maximum absolute atomic E-state index is 4.21. The molecule has 2 nitrogen and oxygen atoms in total. The van der Waals surface area contributed by atoms with Crippen molar-refractivity contribution in [3.05, 3.63) is 30.1 Å². The fraction of sp³-hybridized carbons (Fsp3) is 0.737. The summed E-state index contributed by atoms with van der Waals surface area (Å²) in [6, 6.07) is 4.24. The van der Waals surface area contributed by atoms with Crippen LogP contribution in [0.25, 0.3) is 0 Å². The average Bonchev–Trinajstić information content (AvgIpc) is 2.53. The van der Waals surface area contributed by atoms with Gasteiger partial charge < -0.3 is 5.32 Å². The molecule has 0 aliphatic rings. The SMILES string of the molecule is CNCCCCCCCCCCCC(C)c1cccnc1. The van der Waals surface area contributed by atoms with E-state index in [-0.39, 0.29) is 0 Å². The summed E-state index contributed by atoms with van der Waals surface area (Å²) in [5.41, 5.74) is 1.39. The van der Waals surface area contributed by atoms with Crippen molar-refractivity contribution in [2.45, 2.75) is 77.0 Å². The van der Waals surface area contributed by atoms with Gasteiger partial charge in [-0.1, -0.05) is 64.4 Å². The Morgan fingerprint density at radius 2 is 1.57 bits per heavy atom. The smallest absolute Gasteiger partial charge is 0.0302 e. The fourth-order valence-electron chi connectivity index (χ4n) is 2.82. The van der Waals surface area contributed by atoms with E-state index in [2.05, 4.69) is 23.3 Å². The second-order valence-electron chi connectivity index (χ2n) is 6.26. The average molecular weight is 290 g/mol. The van der Waals surface area contributed by atoms with E-state index in [1.54, 1.807) is 0 Å². The Bertz CT molecular complexity index is 324.